The van der Waals surface area contributed by atoms with E-state index < -0.39 is 51.4 Å². The number of nitrogens with zero attached hydrogens (tertiary/aromatic N) is 4. The minimum absolute atomic E-state index is 0.0213. The van der Waals surface area contributed by atoms with E-state index in [0.717, 1.165) is 30.7 Å². The van der Waals surface area contributed by atoms with Crippen LogP contribution in [0.15, 0.2) is 12.3 Å². The second kappa shape index (κ2) is 12.3. The van der Waals surface area contributed by atoms with E-state index in [-0.39, 0.29) is 47.5 Å². The molecule has 0 aromatic carbocycles. The summed E-state index contributed by atoms with van der Waals surface area (Å²) in [5, 5.41) is 12.2. The molecule has 9 nitrogen and oxygen atoms in total. The first kappa shape index (κ1) is 32.2. The van der Waals surface area contributed by atoms with Crippen molar-refractivity contribution < 1.29 is 39.9 Å². The smallest absolute Gasteiger partial charge is 0.394 e. The first-order valence-corrected chi connectivity index (χ1v) is 14.9. The van der Waals surface area contributed by atoms with Crippen LogP contribution in [0.3, 0.4) is 0 Å². The molecule has 1 saturated carbocycles. The van der Waals surface area contributed by atoms with Gasteiger partial charge in [-0.15, -0.1) is 0 Å². The summed E-state index contributed by atoms with van der Waals surface area (Å²) in [4.78, 5) is 21.4. The Bertz CT molecular complexity index is 1410. The van der Waals surface area contributed by atoms with Gasteiger partial charge in [-0.25, -0.2) is 18.4 Å². The van der Waals surface area contributed by atoms with Gasteiger partial charge in [0.25, 0.3) is 5.91 Å². The Hall–Kier alpha value is -3.28. The Labute approximate surface area is 235 Å². The maximum Gasteiger partial charge on any atom is 0.394 e. The van der Waals surface area contributed by atoms with Crippen LogP contribution in [0.4, 0.5) is 22.0 Å². The SMILES string of the molecule is CCc1nc(C(=O)NCC2CCC(S(C)(=O)=O)CC2)c(C#N)n1-c1ncc(CC(C)(C)C(F)(F)F)cc1OC(F)F. The number of aryl methyl sites for hydroxylation is 1. The molecule has 2 aromatic heterocycles. The number of carbonyl (C=O) groups is 1. The number of alkyl halides is 5. The summed E-state index contributed by atoms with van der Waals surface area (Å²) in [6, 6.07) is 2.86. The summed E-state index contributed by atoms with van der Waals surface area (Å²) >= 11 is 0. The molecule has 41 heavy (non-hydrogen) atoms. The van der Waals surface area contributed by atoms with E-state index in [1.165, 1.54) is 6.26 Å². The van der Waals surface area contributed by atoms with Gasteiger partial charge in [0.1, 0.15) is 21.7 Å². The number of hydrogen-bond donors (Lipinski definition) is 1. The number of imidazole rings is 1. The monoisotopic (exact) mass is 605 g/mol. The lowest BCUT2D eigenvalue weighted by Crippen LogP contribution is -2.34. The molecule has 15 heteroatoms. The summed E-state index contributed by atoms with van der Waals surface area (Å²) in [7, 11) is -3.14. The van der Waals surface area contributed by atoms with Gasteiger partial charge < -0.3 is 10.1 Å². The highest BCUT2D eigenvalue weighted by Gasteiger charge is 2.47. The van der Waals surface area contributed by atoms with Crippen LogP contribution >= 0.6 is 0 Å². The highest BCUT2D eigenvalue weighted by molar-refractivity contribution is 7.91. The molecule has 0 saturated heterocycles. The van der Waals surface area contributed by atoms with Gasteiger partial charge in [0.05, 0.1) is 10.7 Å². The molecule has 1 aliphatic carbocycles. The number of carbonyl (C=O) groups excluding carboxylic acids is 1. The van der Waals surface area contributed by atoms with Crippen molar-refractivity contribution in [1.29, 1.82) is 5.26 Å². The second-order valence-electron chi connectivity index (χ2n) is 10.8. The summed E-state index contributed by atoms with van der Waals surface area (Å²) in [6.07, 6.45) is -0.574. The molecule has 0 bridgehead atoms. The van der Waals surface area contributed by atoms with E-state index in [4.69, 9.17) is 0 Å². The first-order chi connectivity index (χ1) is 19.0. The Balaban J connectivity index is 1.91. The Morgan fingerprint density at radius 3 is 2.39 bits per heavy atom. The van der Waals surface area contributed by atoms with Gasteiger partial charge in [0.2, 0.25) is 0 Å². The standard InChI is InChI=1S/C26H32F5N5O4S/c1-5-20-35-21(23(37)34-13-15-6-8-17(9-7-15)41(4,38)39)18(12-32)36(20)22-19(40-24(27)28)10-16(14-33-22)11-25(2,3)26(29,30)31/h10,14-15,17,24H,5-9,11,13H2,1-4H3,(H,34,37). The second-order valence-corrected chi connectivity index (χ2v) is 13.1. The normalized spacial score (nSPS) is 18.3. The van der Waals surface area contributed by atoms with E-state index in [1.54, 1.807) is 6.92 Å². The highest BCUT2D eigenvalue weighted by atomic mass is 32.2. The molecule has 2 aromatic rings. The number of sulfone groups is 1. The molecule has 226 valence electrons. The summed E-state index contributed by atoms with van der Waals surface area (Å²) < 4.78 is 96.1. The lowest BCUT2D eigenvalue weighted by Gasteiger charge is -2.28. The van der Waals surface area contributed by atoms with Crippen molar-refractivity contribution in [1.82, 2.24) is 19.9 Å². The van der Waals surface area contributed by atoms with Gasteiger partial charge in [0, 0.05) is 25.4 Å². The lowest BCUT2D eigenvalue weighted by molar-refractivity contribution is -0.211. The number of ether oxygens (including phenoxy) is 1. The third kappa shape index (κ3) is 7.52. The number of nitrogens with one attached hydrogen (secondary N) is 1. The van der Waals surface area contributed by atoms with Crippen LogP contribution in [0.1, 0.15) is 74.0 Å². The largest absolute Gasteiger partial charge is 0.431 e. The number of pyridine rings is 1. The first-order valence-electron chi connectivity index (χ1n) is 13.0. The van der Waals surface area contributed by atoms with Crippen molar-refractivity contribution in [2.24, 2.45) is 11.3 Å². The van der Waals surface area contributed by atoms with Crippen molar-refractivity contribution in [2.45, 2.75) is 77.3 Å². The quantitative estimate of drug-likeness (QED) is 0.387. The molecule has 0 atom stereocenters. The van der Waals surface area contributed by atoms with Crippen LogP contribution in [-0.2, 0) is 22.7 Å². The molecule has 1 amide bonds. The molecular weight excluding hydrogens is 573 g/mol. The van der Waals surface area contributed by atoms with Crippen molar-refractivity contribution in [3.05, 3.63) is 35.0 Å². The topological polar surface area (TPSA) is 127 Å². The maximum atomic E-state index is 13.4. The zero-order chi connectivity index (χ0) is 30.8. The van der Waals surface area contributed by atoms with Gasteiger partial charge in [0.15, 0.2) is 23.0 Å². The predicted octanol–water partition coefficient (Wildman–Crippen LogP) is 4.77. The molecule has 0 spiro atoms. The third-order valence-corrected chi connectivity index (χ3v) is 8.95. The van der Waals surface area contributed by atoms with Crippen LogP contribution in [0.25, 0.3) is 5.82 Å². The van der Waals surface area contributed by atoms with Gasteiger partial charge in [-0.3, -0.25) is 9.36 Å². The average molecular weight is 606 g/mol. The van der Waals surface area contributed by atoms with E-state index in [1.807, 2.05) is 6.07 Å². The van der Waals surface area contributed by atoms with Crippen molar-refractivity contribution >= 4 is 15.7 Å². The van der Waals surface area contributed by atoms with Gasteiger partial charge in [-0.05, 0) is 49.7 Å². The molecule has 1 aliphatic rings. The fraction of sp³-hybridized carbons (Fsp3) is 0.615. The minimum Gasteiger partial charge on any atom is -0.431 e. The number of aromatic nitrogens is 3. The molecule has 0 radical (unpaired) electrons. The number of amides is 1. The Morgan fingerprint density at radius 1 is 1.24 bits per heavy atom. The van der Waals surface area contributed by atoms with Gasteiger partial charge in [-0.1, -0.05) is 20.8 Å². The van der Waals surface area contributed by atoms with E-state index in [9.17, 15) is 40.4 Å². The molecular formula is C26H32F5N5O4S. The predicted molar refractivity (Wildman–Crippen MR) is 139 cm³/mol. The Morgan fingerprint density at radius 2 is 1.88 bits per heavy atom. The van der Waals surface area contributed by atoms with Crippen molar-refractivity contribution in [2.75, 3.05) is 12.8 Å². The van der Waals surface area contributed by atoms with E-state index in [0.29, 0.717) is 25.7 Å². The van der Waals surface area contributed by atoms with Crippen LogP contribution in [-0.4, -0.2) is 59.7 Å². The fourth-order valence-corrected chi connectivity index (χ4v) is 5.94. The maximum absolute atomic E-state index is 13.4. The zero-order valence-electron chi connectivity index (χ0n) is 23.1. The number of nitriles is 1. The van der Waals surface area contributed by atoms with Crippen molar-refractivity contribution in [3.63, 3.8) is 0 Å². The summed E-state index contributed by atoms with van der Waals surface area (Å²) in [6.45, 7) is 0.457. The number of halogens is 5. The molecule has 0 unspecified atom stereocenters. The number of rotatable bonds is 10. The fourth-order valence-electron chi connectivity index (χ4n) is 4.81. The molecule has 1 N–H and O–H groups in total. The van der Waals surface area contributed by atoms with Crippen molar-refractivity contribution in [3.8, 4) is 17.6 Å². The summed E-state index contributed by atoms with van der Waals surface area (Å²) in [5.41, 5.74) is -2.79. The third-order valence-electron chi connectivity index (χ3n) is 7.27. The molecule has 2 heterocycles. The molecule has 1 fully saturated rings. The Kier molecular flexibility index (Phi) is 9.67. The van der Waals surface area contributed by atoms with Gasteiger partial charge >= 0.3 is 12.8 Å². The average Bonchev–Trinajstić information content (AvgIpc) is 3.24. The van der Waals surface area contributed by atoms with Crippen LogP contribution in [0.5, 0.6) is 5.75 Å². The van der Waals surface area contributed by atoms with Gasteiger partial charge in [-0.2, -0.15) is 27.2 Å². The molecule has 3 rings (SSSR count). The molecule has 0 aliphatic heterocycles. The van der Waals surface area contributed by atoms with Crippen LogP contribution in [0, 0.1) is 22.7 Å². The van der Waals surface area contributed by atoms with Crippen LogP contribution < -0.4 is 10.1 Å². The zero-order valence-corrected chi connectivity index (χ0v) is 23.9. The highest BCUT2D eigenvalue weighted by Crippen LogP contribution is 2.41. The van der Waals surface area contributed by atoms with Crippen LogP contribution in [0.2, 0.25) is 0 Å². The minimum atomic E-state index is -4.57. The van der Waals surface area contributed by atoms with E-state index >= 15 is 0 Å². The van der Waals surface area contributed by atoms with E-state index in [2.05, 4.69) is 20.0 Å². The lowest BCUT2D eigenvalue weighted by atomic mass is 9.85. The number of hydrogen-bond acceptors (Lipinski definition) is 7. The summed E-state index contributed by atoms with van der Waals surface area (Å²) in [5.74, 6) is -1.45.